The van der Waals surface area contributed by atoms with E-state index in [0.717, 1.165) is 44.8 Å². The second kappa shape index (κ2) is 10.2. The lowest BCUT2D eigenvalue weighted by Crippen LogP contribution is -2.65. The van der Waals surface area contributed by atoms with Gasteiger partial charge >= 0.3 is 8.56 Å². The van der Waals surface area contributed by atoms with Crippen LogP contribution < -0.4 is 0 Å². The standard InChI is InChI=1S/C13H28O3Si.CHNO/c1-5-13(14-6-2)11-9-10-12-17(13,15-7-3)16-8-4;2-1-3/h5-12H2,1-4H3;2H. The molecule has 0 aromatic carbocycles. The van der Waals surface area contributed by atoms with Crippen LogP contribution in [0.1, 0.15) is 53.4 Å². The molecule has 1 atom stereocenters. The molecule has 0 aromatic rings. The van der Waals surface area contributed by atoms with Gasteiger partial charge in [-0.1, -0.05) is 19.8 Å². The molecule has 1 rings (SSSR count). The highest BCUT2D eigenvalue weighted by Crippen LogP contribution is 2.42. The molecule has 118 valence electrons. The van der Waals surface area contributed by atoms with Gasteiger partial charge in [0.25, 0.3) is 0 Å². The van der Waals surface area contributed by atoms with E-state index in [1.807, 2.05) is 0 Å². The Labute approximate surface area is 123 Å². The predicted octanol–water partition coefficient (Wildman–Crippen LogP) is 3.31. The van der Waals surface area contributed by atoms with Gasteiger partial charge in [0.1, 0.15) is 5.22 Å². The molecule has 1 aliphatic heterocycles. The van der Waals surface area contributed by atoms with Gasteiger partial charge in [0, 0.05) is 19.8 Å². The first-order valence-electron chi connectivity index (χ1n) is 7.57. The van der Waals surface area contributed by atoms with Crippen LogP contribution in [0.4, 0.5) is 0 Å². The molecule has 0 bridgehead atoms. The van der Waals surface area contributed by atoms with Crippen LogP contribution >= 0.6 is 0 Å². The minimum absolute atomic E-state index is 0.119. The van der Waals surface area contributed by atoms with Crippen molar-refractivity contribution in [1.82, 2.24) is 0 Å². The summed E-state index contributed by atoms with van der Waals surface area (Å²) in [5, 5.41) is 5.28. The summed E-state index contributed by atoms with van der Waals surface area (Å²) in [7, 11) is -2.21. The molecule has 20 heavy (non-hydrogen) atoms. The molecule has 1 fully saturated rings. The SMILES string of the molecule is CCOC1(CC)CCCC[Si]1(OCC)OCC.N=C=O. The minimum atomic E-state index is -2.21. The van der Waals surface area contributed by atoms with Crippen LogP contribution in [-0.2, 0) is 18.4 Å². The molecule has 0 saturated carbocycles. The molecule has 0 radical (unpaired) electrons. The van der Waals surface area contributed by atoms with Gasteiger partial charge < -0.3 is 13.6 Å². The van der Waals surface area contributed by atoms with Crippen molar-refractivity contribution in [3.05, 3.63) is 0 Å². The Bertz CT molecular complexity index is 279. The van der Waals surface area contributed by atoms with Crippen LogP contribution in [-0.4, -0.2) is 39.7 Å². The van der Waals surface area contributed by atoms with Gasteiger partial charge in [0.05, 0.1) is 0 Å². The highest BCUT2D eigenvalue weighted by Gasteiger charge is 2.58. The second-order valence-electron chi connectivity index (χ2n) is 4.71. The van der Waals surface area contributed by atoms with Gasteiger partial charge in [-0.2, -0.15) is 0 Å². The number of rotatable bonds is 7. The first kappa shape index (κ1) is 19.5. The van der Waals surface area contributed by atoms with E-state index in [1.165, 1.54) is 12.8 Å². The second-order valence-corrected chi connectivity index (χ2v) is 8.20. The topological polar surface area (TPSA) is 68.6 Å². The lowest BCUT2D eigenvalue weighted by atomic mass is 10.1. The van der Waals surface area contributed by atoms with E-state index in [2.05, 4.69) is 27.7 Å². The van der Waals surface area contributed by atoms with Crippen molar-refractivity contribution < 1.29 is 18.4 Å². The van der Waals surface area contributed by atoms with Crippen molar-refractivity contribution in [2.75, 3.05) is 19.8 Å². The predicted molar refractivity (Wildman–Crippen MR) is 80.7 cm³/mol. The normalized spacial score (nSPS) is 24.4. The quantitative estimate of drug-likeness (QED) is 0.445. The number of ether oxygens (including phenoxy) is 1. The van der Waals surface area contributed by atoms with Crippen LogP contribution in [0.15, 0.2) is 0 Å². The minimum Gasteiger partial charge on any atom is -0.393 e. The van der Waals surface area contributed by atoms with E-state index in [0.29, 0.717) is 0 Å². The third-order valence-corrected chi connectivity index (χ3v) is 8.44. The third kappa shape index (κ3) is 4.50. The number of nitrogens with one attached hydrogen (secondary N) is 1. The first-order valence-corrected chi connectivity index (χ1v) is 9.60. The zero-order valence-electron chi connectivity index (χ0n) is 13.3. The maximum absolute atomic E-state index is 8.35. The van der Waals surface area contributed by atoms with Gasteiger partial charge in [0.15, 0.2) is 0 Å². The Hall–Kier alpha value is -0.523. The average molecular weight is 303 g/mol. The van der Waals surface area contributed by atoms with E-state index in [-0.39, 0.29) is 5.22 Å². The molecule has 1 aliphatic rings. The third-order valence-electron chi connectivity index (χ3n) is 3.78. The van der Waals surface area contributed by atoms with Crippen molar-refractivity contribution in [3.63, 3.8) is 0 Å². The summed E-state index contributed by atoms with van der Waals surface area (Å²) in [5.41, 5.74) is 0. The fourth-order valence-corrected chi connectivity index (χ4v) is 7.57. The van der Waals surface area contributed by atoms with Crippen LogP contribution in [0, 0.1) is 5.41 Å². The summed E-state index contributed by atoms with van der Waals surface area (Å²) in [6, 6.07) is 1.09. The average Bonchev–Trinajstić information content (AvgIpc) is 2.43. The van der Waals surface area contributed by atoms with Crippen molar-refractivity contribution in [1.29, 1.82) is 5.41 Å². The molecule has 1 saturated heterocycles. The van der Waals surface area contributed by atoms with E-state index in [4.69, 9.17) is 23.8 Å². The highest BCUT2D eigenvalue weighted by molar-refractivity contribution is 6.70. The van der Waals surface area contributed by atoms with E-state index >= 15 is 0 Å². The van der Waals surface area contributed by atoms with E-state index in [1.54, 1.807) is 0 Å². The summed E-state index contributed by atoms with van der Waals surface area (Å²) in [4.78, 5) is 8.35. The Balaban J connectivity index is 0.00000110. The van der Waals surface area contributed by atoms with Gasteiger partial charge in [0.2, 0.25) is 6.08 Å². The Morgan fingerprint density at radius 2 is 1.65 bits per heavy atom. The molecule has 0 aliphatic carbocycles. The van der Waals surface area contributed by atoms with Gasteiger partial charge in [-0.05, 0) is 39.7 Å². The maximum atomic E-state index is 8.35. The van der Waals surface area contributed by atoms with E-state index < -0.39 is 8.56 Å². The summed E-state index contributed by atoms with van der Waals surface area (Å²) in [6.07, 6.45) is 5.32. The van der Waals surface area contributed by atoms with Crippen molar-refractivity contribution in [2.24, 2.45) is 0 Å². The lowest BCUT2D eigenvalue weighted by molar-refractivity contribution is -0.0426. The monoisotopic (exact) mass is 303 g/mol. The van der Waals surface area contributed by atoms with Crippen molar-refractivity contribution in [3.8, 4) is 0 Å². The van der Waals surface area contributed by atoms with Crippen molar-refractivity contribution in [2.45, 2.75) is 64.6 Å². The number of hydrogen-bond donors (Lipinski definition) is 1. The smallest absolute Gasteiger partial charge is 0.371 e. The fourth-order valence-electron chi connectivity index (χ4n) is 3.11. The Morgan fingerprint density at radius 1 is 1.10 bits per heavy atom. The fraction of sp³-hybridized carbons (Fsp3) is 0.929. The van der Waals surface area contributed by atoms with E-state index in [9.17, 15) is 0 Å². The van der Waals surface area contributed by atoms with Gasteiger partial charge in [-0.3, -0.25) is 0 Å². The summed E-state index contributed by atoms with van der Waals surface area (Å²) < 4.78 is 18.5. The molecular weight excluding hydrogens is 274 g/mol. The van der Waals surface area contributed by atoms with Crippen LogP contribution in [0.5, 0.6) is 0 Å². The maximum Gasteiger partial charge on any atom is 0.371 e. The molecule has 5 nitrogen and oxygen atoms in total. The van der Waals surface area contributed by atoms with Crippen molar-refractivity contribution >= 4 is 14.6 Å². The molecule has 0 spiro atoms. The largest absolute Gasteiger partial charge is 0.393 e. The summed E-state index contributed by atoms with van der Waals surface area (Å²) in [5.74, 6) is 0. The molecule has 1 N–H and O–H groups in total. The number of isocyanates is 1. The van der Waals surface area contributed by atoms with Crippen LogP contribution in [0.25, 0.3) is 0 Å². The summed E-state index contributed by atoms with van der Waals surface area (Å²) in [6.45, 7) is 10.6. The van der Waals surface area contributed by atoms with Gasteiger partial charge in [-0.15, -0.1) is 0 Å². The van der Waals surface area contributed by atoms with Gasteiger partial charge in [-0.25, -0.2) is 10.2 Å². The number of hydrogen-bond acceptors (Lipinski definition) is 5. The zero-order valence-corrected chi connectivity index (χ0v) is 14.3. The lowest BCUT2D eigenvalue weighted by Gasteiger charge is -2.49. The molecule has 1 unspecified atom stereocenters. The molecule has 1 heterocycles. The zero-order chi connectivity index (χ0) is 15.5. The Morgan fingerprint density at radius 3 is 2.05 bits per heavy atom. The number of carbonyl (C=O) groups excluding carboxylic acids is 1. The first-order chi connectivity index (χ1) is 9.61. The van der Waals surface area contributed by atoms with Crippen LogP contribution in [0.3, 0.4) is 0 Å². The molecule has 0 aromatic heterocycles. The summed E-state index contributed by atoms with van der Waals surface area (Å²) >= 11 is 0. The van der Waals surface area contributed by atoms with Crippen LogP contribution in [0.2, 0.25) is 6.04 Å². The Kier molecular flexibility index (Phi) is 9.97. The molecule has 6 heteroatoms. The molecular formula is C14H29NO4Si. The highest BCUT2D eigenvalue weighted by atomic mass is 28.4. The molecule has 0 amide bonds.